The highest BCUT2D eigenvalue weighted by atomic mass is 35.5. The zero-order valence-electron chi connectivity index (χ0n) is 19.1. The molecule has 1 amide bonds. The first kappa shape index (κ1) is 24.2. The lowest BCUT2D eigenvalue weighted by Gasteiger charge is -2.22. The van der Waals surface area contributed by atoms with Crippen LogP contribution in [0.2, 0.25) is 5.02 Å². The summed E-state index contributed by atoms with van der Waals surface area (Å²) in [5.74, 6) is -1.07. The number of aliphatic hydroxyl groups excluding tert-OH is 1. The average molecular weight is 534 g/mol. The van der Waals surface area contributed by atoms with E-state index in [0.29, 0.717) is 31.4 Å². The van der Waals surface area contributed by atoms with Gasteiger partial charge in [0.15, 0.2) is 4.34 Å². The lowest BCUT2D eigenvalue weighted by molar-refractivity contribution is -0.132. The summed E-state index contributed by atoms with van der Waals surface area (Å²) in [6.45, 7) is 1.94. The molecule has 0 saturated carbocycles. The molecule has 0 radical (unpaired) electrons. The van der Waals surface area contributed by atoms with Gasteiger partial charge in [-0.05, 0) is 30.2 Å². The van der Waals surface area contributed by atoms with Gasteiger partial charge in [0, 0.05) is 16.3 Å². The van der Waals surface area contributed by atoms with Crippen LogP contribution in [0.5, 0.6) is 0 Å². The molecule has 36 heavy (non-hydrogen) atoms. The minimum atomic E-state index is -0.824. The van der Waals surface area contributed by atoms with Crippen LogP contribution in [0.1, 0.15) is 28.3 Å². The number of ketones is 1. The Kier molecular flexibility index (Phi) is 6.91. The fourth-order valence-electron chi connectivity index (χ4n) is 3.93. The number of anilines is 1. The number of aromatic nitrogens is 2. The average Bonchev–Trinajstić information content (AvgIpc) is 3.46. The molecule has 3 aromatic carbocycles. The van der Waals surface area contributed by atoms with Crippen molar-refractivity contribution in [2.45, 2.75) is 23.1 Å². The largest absolute Gasteiger partial charge is 0.507 e. The van der Waals surface area contributed by atoms with Gasteiger partial charge in [-0.15, -0.1) is 10.2 Å². The summed E-state index contributed by atoms with van der Waals surface area (Å²) in [6.07, 6.45) is 0. The van der Waals surface area contributed by atoms with Gasteiger partial charge in [0.2, 0.25) is 5.13 Å². The summed E-state index contributed by atoms with van der Waals surface area (Å²) in [5.41, 5.74) is 3.28. The van der Waals surface area contributed by atoms with Crippen molar-refractivity contribution >= 4 is 57.3 Å². The number of rotatable bonds is 6. The quantitative estimate of drug-likeness (QED) is 0.101. The van der Waals surface area contributed by atoms with Gasteiger partial charge in [0.05, 0.1) is 11.6 Å². The highest BCUT2D eigenvalue weighted by Crippen LogP contribution is 2.44. The maximum absolute atomic E-state index is 13.3. The first-order chi connectivity index (χ1) is 17.4. The van der Waals surface area contributed by atoms with E-state index in [9.17, 15) is 14.7 Å². The van der Waals surface area contributed by atoms with Gasteiger partial charge in [-0.25, -0.2) is 0 Å². The van der Waals surface area contributed by atoms with Crippen molar-refractivity contribution in [2.24, 2.45) is 0 Å². The summed E-state index contributed by atoms with van der Waals surface area (Å²) in [6, 6.07) is 23.0. The maximum atomic E-state index is 13.3. The van der Waals surface area contributed by atoms with Crippen LogP contribution in [0, 0.1) is 6.92 Å². The van der Waals surface area contributed by atoms with E-state index < -0.39 is 17.7 Å². The van der Waals surface area contributed by atoms with E-state index in [1.807, 2.05) is 73.7 Å². The Balaban J connectivity index is 1.51. The van der Waals surface area contributed by atoms with Crippen LogP contribution in [-0.4, -0.2) is 27.0 Å². The second kappa shape index (κ2) is 10.3. The molecule has 1 fully saturated rings. The van der Waals surface area contributed by atoms with Crippen LogP contribution < -0.4 is 4.90 Å². The summed E-state index contributed by atoms with van der Waals surface area (Å²) in [5, 5.41) is 20.6. The molecule has 6 nitrogen and oxygen atoms in total. The van der Waals surface area contributed by atoms with Crippen molar-refractivity contribution in [1.29, 1.82) is 0 Å². The molecule has 0 spiro atoms. The number of aliphatic hydroxyl groups is 1. The molecule has 1 unspecified atom stereocenters. The number of thioether (sulfide) groups is 1. The minimum Gasteiger partial charge on any atom is -0.507 e. The summed E-state index contributed by atoms with van der Waals surface area (Å²) < 4.78 is 0.659. The zero-order chi connectivity index (χ0) is 25.2. The SMILES string of the molecule is Cc1ccc(/C(O)=C2/C(=O)C(=O)N(c3nnc(SCc4ccc(Cl)cc4)s3)C2c2ccccc2)cc1. The number of carbonyl (C=O) groups is 2. The summed E-state index contributed by atoms with van der Waals surface area (Å²) in [4.78, 5) is 27.8. The molecule has 1 N–H and O–H groups in total. The Bertz CT molecular complexity index is 1450. The highest BCUT2D eigenvalue weighted by molar-refractivity contribution is 8.00. The molecule has 1 aromatic heterocycles. The number of aryl methyl sites for hydroxylation is 1. The van der Waals surface area contributed by atoms with E-state index in [4.69, 9.17) is 11.6 Å². The van der Waals surface area contributed by atoms with Crippen molar-refractivity contribution in [3.63, 3.8) is 0 Å². The normalized spacial score (nSPS) is 17.1. The Hall–Kier alpha value is -3.46. The van der Waals surface area contributed by atoms with Gasteiger partial charge >= 0.3 is 5.91 Å². The van der Waals surface area contributed by atoms with E-state index in [0.717, 1.165) is 11.1 Å². The van der Waals surface area contributed by atoms with Crippen molar-refractivity contribution in [3.05, 3.63) is 112 Å². The molecule has 1 atom stereocenters. The fourth-order valence-corrected chi connectivity index (χ4v) is 5.88. The van der Waals surface area contributed by atoms with Crippen LogP contribution in [0.25, 0.3) is 5.76 Å². The number of carbonyl (C=O) groups excluding carboxylic acids is 2. The molecule has 180 valence electrons. The number of hydrogen-bond acceptors (Lipinski definition) is 7. The number of nitrogens with zero attached hydrogens (tertiary/aromatic N) is 3. The van der Waals surface area contributed by atoms with E-state index >= 15 is 0 Å². The topological polar surface area (TPSA) is 83.4 Å². The van der Waals surface area contributed by atoms with Gasteiger partial charge in [-0.2, -0.15) is 0 Å². The number of Topliss-reactive ketones (excluding diaryl/α,β-unsaturated/α-hetero) is 1. The summed E-state index contributed by atoms with van der Waals surface area (Å²) >= 11 is 8.67. The lowest BCUT2D eigenvalue weighted by Crippen LogP contribution is -2.29. The second-order valence-electron chi connectivity index (χ2n) is 8.21. The molecular formula is C27H20ClN3O3S2. The smallest absolute Gasteiger partial charge is 0.301 e. The van der Waals surface area contributed by atoms with Crippen molar-refractivity contribution in [1.82, 2.24) is 10.2 Å². The molecule has 1 aliphatic rings. The predicted molar refractivity (Wildman–Crippen MR) is 143 cm³/mol. The van der Waals surface area contributed by atoms with Crippen LogP contribution in [-0.2, 0) is 15.3 Å². The molecule has 1 saturated heterocycles. The third-order valence-corrected chi connectivity index (χ3v) is 8.14. The molecule has 1 aliphatic heterocycles. The third kappa shape index (κ3) is 4.80. The number of amides is 1. The Morgan fingerprint density at radius 2 is 1.69 bits per heavy atom. The Labute approximate surface area is 221 Å². The molecule has 0 bridgehead atoms. The molecule has 4 aromatic rings. The monoisotopic (exact) mass is 533 g/mol. The number of benzene rings is 3. The number of hydrogen-bond donors (Lipinski definition) is 1. The second-order valence-corrected chi connectivity index (χ2v) is 10.8. The molecule has 5 rings (SSSR count). The van der Waals surface area contributed by atoms with E-state index in [1.165, 1.54) is 28.0 Å². The molecule has 0 aliphatic carbocycles. The van der Waals surface area contributed by atoms with Gasteiger partial charge in [-0.1, -0.05) is 107 Å². The Morgan fingerprint density at radius 1 is 1.00 bits per heavy atom. The Morgan fingerprint density at radius 3 is 2.39 bits per heavy atom. The predicted octanol–water partition coefficient (Wildman–Crippen LogP) is 6.42. The highest BCUT2D eigenvalue weighted by Gasteiger charge is 2.48. The molecule has 2 heterocycles. The van der Waals surface area contributed by atoms with Crippen molar-refractivity contribution in [3.8, 4) is 0 Å². The lowest BCUT2D eigenvalue weighted by atomic mass is 9.95. The third-order valence-electron chi connectivity index (χ3n) is 5.76. The van der Waals surface area contributed by atoms with Gasteiger partial charge in [0.1, 0.15) is 5.76 Å². The standard InChI is InChI=1S/C27H20ClN3O3S2/c1-16-7-11-19(12-8-16)23(32)21-22(18-5-3-2-4-6-18)31(25(34)24(21)33)26-29-30-27(36-26)35-15-17-9-13-20(28)14-10-17/h2-14,22,32H,15H2,1H3/b23-21-. The summed E-state index contributed by atoms with van der Waals surface area (Å²) in [7, 11) is 0. The molecule has 9 heteroatoms. The van der Waals surface area contributed by atoms with E-state index in [1.54, 1.807) is 12.1 Å². The maximum Gasteiger partial charge on any atom is 0.301 e. The van der Waals surface area contributed by atoms with Crippen LogP contribution >= 0.6 is 34.7 Å². The van der Waals surface area contributed by atoms with E-state index in [2.05, 4.69) is 10.2 Å². The van der Waals surface area contributed by atoms with Gasteiger partial charge in [0.25, 0.3) is 5.78 Å². The fraction of sp³-hybridized carbons (Fsp3) is 0.111. The molecular weight excluding hydrogens is 514 g/mol. The van der Waals surface area contributed by atoms with Crippen LogP contribution in [0.15, 0.2) is 88.8 Å². The first-order valence-electron chi connectivity index (χ1n) is 11.1. The van der Waals surface area contributed by atoms with Crippen molar-refractivity contribution < 1.29 is 14.7 Å². The first-order valence-corrected chi connectivity index (χ1v) is 13.2. The van der Waals surface area contributed by atoms with E-state index in [-0.39, 0.29) is 11.3 Å². The number of halogens is 1. The zero-order valence-corrected chi connectivity index (χ0v) is 21.5. The van der Waals surface area contributed by atoms with Gasteiger partial charge < -0.3 is 5.11 Å². The van der Waals surface area contributed by atoms with Crippen LogP contribution in [0.4, 0.5) is 5.13 Å². The van der Waals surface area contributed by atoms with Crippen molar-refractivity contribution in [2.75, 3.05) is 4.90 Å². The minimum absolute atomic E-state index is 0.0284. The van der Waals surface area contributed by atoms with Gasteiger partial charge in [-0.3, -0.25) is 14.5 Å². The van der Waals surface area contributed by atoms with Crippen LogP contribution in [0.3, 0.4) is 0 Å².